The molecule has 0 N–H and O–H groups in total. The highest BCUT2D eigenvalue weighted by Gasteiger charge is 2.01. The van der Waals surface area contributed by atoms with Crippen molar-refractivity contribution in [3.8, 4) is 0 Å². The summed E-state index contributed by atoms with van der Waals surface area (Å²) in [7, 11) is 0. The summed E-state index contributed by atoms with van der Waals surface area (Å²) in [6, 6.07) is 0. The van der Waals surface area contributed by atoms with E-state index in [4.69, 9.17) is 0 Å². The maximum atomic E-state index is 3.80. The van der Waals surface area contributed by atoms with Crippen molar-refractivity contribution in [2.24, 2.45) is 5.92 Å². The fourth-order valence-electron chi connectivity index (χ4n) is 2.02. The normalized spacial score (nSPS) is 10.9. The lowest BCUT2D eigenvalue weighted by atomic mass is 9.96. The molecule has 0 aromatic heterocycles. The van der Waals surface area contributed by atoms with E-state index in [1.807, 2.05) is 18.2 Å². The van der Waals surface area contributed by atoms with Crippen LogP contribution in [-0.2, 0) is 0 Å². The van der Waals surface area contributed by atoms with Crippen LogP contribution in [0.4, 0.5) is 0 Å². The van der Waals surface area contributed by atoms with Gasteiger partial charge in [0.1, 0.15) is 0 Å². The van der Waals surface area contributed by atoms with Crippen molar-refractivity contribution in [2.75, 3.05) is 0 Å². The molecule has 0 atom stereocenters. The summed E-state index contributed by atoms with van der Waals surface area (Å²) in [4.78, 5) is 0. The van der Waals surface area contributed by atoms with Crippen LogP contribution in [-0.4, -0.2) is 0 Å². The fraction of sp³-hybridized carbons (Fsp3) is 0.556. The molecule has 0 rings (SSSR count). The van der Waals surface area contributed by atoms with Gasteiger partial charge < -0.3 is 0 Å². The summed E-state index contributed by atoms with van der Waals surface area (Å²) < 4.78 is 0. The van der Waals surface area contributed by atoms with Gasteiger partial charge in [0.25, 0.3) is 0 Å². The van der Waals surface area contributed by atoms with Gasteiger partial charge >= 0.3 is 0 Å². The molecule has 0 radical (unpaired) electrons. The van der Waals surface area contributed by atoms with E-state index in [-0.39, 0.29) is 0 Å². The lowest BCUT2D eigenvalue weighted by molar-refractivity contribution is 0.553. The molecule has 0 nitrogen and oxygen atoms in total. The zero-order chi connectivity index (χ0) is 13.5. The lowest BCUT2D eigenvalue weighted by Crippen LogP contribution is -1.95. The predicted molar refractivity (Wildman–Crippen MR) is 84.8 cm³/mol. The average Bonchev–Trinajstić information content (AvgIpc) is 2.40. The Morgan fingerprint density at radius 3 is 1.78 bits per heavy atom. The zero-order valence-electron chi connectivity index (χ0n) is 11.9. The highest BCUT2D eigenvalue weighted by Crippen LogP contribution is 2.16. The van der Waals surface area contributed by atoms with E-state index in [1.54, 1.807) is 0 Å². The molecule has 18 heavy (non-hydrogen) atoms. The van der Waals surface area contributed by atoms with Crippen LogP contribution in [0.15, 0.2) is 50.1 Å². The van der Waals surface area contributed by atoms with Crippen LogP contribution in [0.25, 0.3) is 0 Å². The van der Waals surface area contributed by atoms with Crippen LogP contribution in [0, 0.1) is 5.92 Å². The molecule has 0 bridgehead atoms. The highest BCUT2D eigenvalue weighted by atomic mass is 14.1. The quantitative estimate of drug-likeness (QED) is 0.267. The summed E-state index contributed by atoms with van der Waals surface area (Å²) in [6.45, 7) is 11.3. The van der Waals surface area contributed by atoms with Crippen LogP contribution in [0.1, 0.15) is 57.8 Å². The molecule has 0 heterocycles. The Balaban J connectivity index is 3.72. The molecule has 0 saturated heterocycles. The van der Waals surface area contributed by atoms with Gasteiger partial charge in [0.15, 0.2) is 0 Å². The van der Waals surface area contributed by atoms with Gasteiger partial charge in [0, 0.05) is 0 Å². The first-order valence-corrected chi connectivity index (χ1v) is 7.34. The van der Waals surface area contributed by atoms with E-state index >= 15 is 0 Å². The molecule has 0 spiro atoms. The van der Waals surface area contributed by atoms with Gasteiger partial charge in [-0.1, -0.05) is 36.8 Å². The van der Waals surface area contributed by atoms with Crippen molar-refractivity contribution in [1.29, 1.82) is 0 Å². The van der Waals surface area contributed by atoms with Crippen molar-refractivity contribution < 1.29 is 0 Å². The molecular formula is C18H30. The minimum absolute atomic E-state index is 0.703. The molecule has 0 aliphatic heterocycles. The second-order valence-electron chi connectivity index (χ2n) is 4.85. The van der Waals surface area contributed by atoms with Crippen molar-refractivity contribution in [1.82, 2.24) is 0 Å². The Kier molecular flexibility index (Phi) is 13.2. The zero-order valence-corrected chi connectivity index (χ0v) is 11.9. The highest BCUT2D eigenvalue weighted by molar-refractivity contribution is 4.90. The second-order valence-corrected chi connectivity index (χ2v) is 4.85. The first-order valence-electron chi connectivity index (χ1n) is 7.34. The van der Waals surface area contributed by atoms with E-state index in [1.165, 1.54) is 38.5 Å². The Morgan fingerprint density at radius 1 is 0.667 bits per heavy atom. The van der Waals surface area contributed by atoms with E-state index in [0.717, 1.165) is 19.3 Å². The van der Waals surface area contributed by atoms with E-state index in [0.29, 0.717) is 5.92 Å². The Labute approximate surface area is 114 Å². The minimum Gasteiger partial charge on any atom is -0.103 e. The van der Waals surface area contributed by atoms with Crippen molar-refractivity contribution >= 4 is 0 Å². The van der Waals surface area contributed by atoms with Gasteiger partial charge in [-0.2, -0.15) is 0 Å². The summed E-state index contributed by atoms with van der Waals surface area (Å²) in [6.07, 6.45) is 21.8. The summed E-state index contributed by atoms with van der Waals surface area (Å²) in [5, 5.41) is 0. The minimum atomic E-state index is 0.703. The molecule has 0 aromatic rings. The van der Waals surface area contributed by atoms with E-state index in [9.17, 15) is 0 Å². The Morgan fingerprint density at radius 2 is 1.22 bits per heavy atom. The van der Waals surface area contributed by atoms with E-state index in [2.05, 4.69) is 31.9 Å². The molecule has 0 unspecified atom stereocenters. The first kappa shape index (κ1) is 17.0. The smallest absolute Gasteiger partial charge is 0.0228 e. The van der Waals surface area contributed by atoms with Crippen LogP contribution in [0.5, 0.6) is 0 Å². The predicted octanol–water partition coefficient (Wildman–Crippen LogP) is 6.23. The summed E-state index contributed by atoms with van der Waals surface area (Å²) in [5.41, 5.74) is 0. The fourth-order valence-corrected chi connectivity index (χ4v) is 2.02. The number of rotatable bonds is 13. The van der Waals surface area contributed by atoms with Gasteiger partial charge in [-0.25, -0.2) is 0 Å². The molecule has 0 amide bonds. The third kappa shape index (κ3) is 11.4. The number of allylic oxidation sites excluding steroid dienone is 5. The molecular weight excluding hydrogens is 216 g/mol. The summed E-state index contributed by atoms with van der Waals surface area (Å²) in [5.74, 6) is 0.703. The Hall–Kier alpha value is -1.04. The van der Waals surface area contributed by atoms with Crippen LogP contribution in [0.3, 0.4) is 0 Å². The van der Waals surface area contributed by atoms with Crippen molar-refractivity contribution in [2.45, 2.75) is 57.8 Å². The third-order valence-corrected chi connectivity index (χ3v) is 3.17. The van der Waals surface area contributed by atoms with Gasteiger partial charge in [-0.3, -0.25) is 0 Å². The molecule has 0 aromatic carbocycles. The SMILES string of the molecule is C=CCCCCCC=CC(CCC=C)CCC=C. The van der Waals surface area contributed by atoms with Crippen LogP contribution in [0.2, 0.25) is 0 Å². The second kappa shape index (κ2) is 14.0. The average molecular weight is 246 g/mol. The lowest BCUT2D eigenvalue weighted by Gasteiger charge is -2.09. The molecule has 0 aliphatic carbocycles. The first-order chi connectivity index (χ1) is 8.85. The van der Waals surface area contributed by atoms with Gasteiger partial charge in [-0.05, 0) is 57.3 Å². The van der Waals surface area contributed by atoms with Crippen LogP contribution < -0.4 is 0 Å². The molecule has 0 heteroatoms. The summed E-state index contributed by atoms with van der Waals surface area (Å²) >= 11 is 0. The van der Waals surface area contributed by atoms with E-state index < -0.39 is 0 Å². The molecule has 0 aliphatic rings. The van der Waals surface area contributed by atoms with Gasteiger partial charge in [0.2, 0.25) is 0 Å². The number of hydrogen-bond acceptors (Lipinski definition) is 0. The van der Waals surface area contributed by atoms with Crippen molar-refractivity contribution in [3.63, 3.8) is 0 Å². The standard InChI is InChI=1S/C18H30/c1-4-7-10-11-12-13-14-17-18(15-8-5-2)16-9-6-3/h4-6,14,17-18H,1-3,7-13,15-16H2. The van der Waals surface area contributed by atoms with Crippen LogP contribution >= 0.6 is 0 Å². The third-order valence-electron chi connectivity index (χ3n) is 3.17. The van der Waals surface area contributed by atoms with Gasteiger partial charge in [0.05, 0.1) is 0 Å². The van der Waals surface area contributed by atoms with Crippen molar-refractivity contribution in [3.05, 3.63) is 50.1 Å². The monoisotopic (exact) mass is 246 g/mol. The number of unbranched alkanes of at least 4 members (excludes halogenated alkanes) is 4. The van der Waals surface area contributed by atoms with Gasteiger partial charge in [-0.15, -0.1) is 19.7 Å². The molecule has 0 fully saturated rings. The number of hydrogen-bond donors (Lipinski definition) is 0. The maximum absolute atomic E-state index is 3.80. The maximum Gasteiger partial charge on any atom is -0.0228 e. The Bertz CT molecular complexity index is 222. The molecule has 0 saturated carbocycles. The topological polar surface area (TPSA) is 0 Å². The largest absolute Gasteiger partial charge is 0.103 e. The molecule has 102 valence electrons.